The van der Waals surface area contributed by atoms with Gasteiger partial charge in [0.15, 0.2) is 5.75 Å². The van der Waals surface area contributed by atoms with Crippen LogP contribution in [-0.2, 0) is 0 Å². The van der Waals surface area contributed by atoms with Crippen molar-refractivity contribution in [1.82, 2.24) is 0 Å². The molecule has 4 nitrogen and oxygen atoms in total. The Bertz CT molecular complexity index is 355. The highest BCUT2D eigenvalue weighted by Gasteiger charge is 2.12. The van der Waals surface area contributed by atoms with E-state index in [1.165, 1.54) is 12.1 Å². The highest BCUT2D eigenvalue weighted by Crippen LogP contribution is 2.36. The summed E-state index contributed by atoms with van der Waals surface area (Å²) in [5, 5.41) is 0.313. The van der Waals surface area contributed by atoms with Gasteiger partial charge in [0.2, 0.25) is 0 Å². The second-order valence-electron chi connectivity index (χ2n) is 2.20. The monoisotopic (exact) mass is 220 g/mol. The van der Waals surface area contributed by atoms with Crippen molar-refractivity contribution in [3.63, 3.8) is 0 Å². The Hall–Kier alpha value is -1.13. The van der Waals surface area contributed by atoms with Crippen LogP contribution in [0.5, 0.6) is 5.75 Å². The van der Waals surface area contributed by atoms with Gasteiger partial charge in [-0.25, -0.2) is 4.79 Å². The Kier molecular flexibility index (Phi) is 2.85. The Labute approximate surface area is 84.4 Å². The van der Waals surface area contributed by atoms with Crippen molar-refractivity contribution in [3.05, 3.63) is 22.2 Å². The van der Waals surface area contributed by atoms with Gasteiger partial charge in [0.05, 0.1) is 10.7 Å². The SMILES string of the molecule is NC(=O)Oc1c(N)ccc(Cl)c1Cl. The zero-order chi connectivity index (χ0) is 10.0. The van der Waals surface area contributed by atoms with Crippen LogP contribution in [0.4, 0.5) is 10.5 Å². The van der Waals surface area contributed by atoms with E-state index in [1.807, 2.05) is 0 Å². The van der Waals surface area contributed by atoms with Crippen LogP contribution in [0.3, 0.4) is 0 Å². The summed E-state index contributed by atoms with van der Waals surface area (Å²) < 4.78 is 4.55. The molecule has 0 spiro atoms. The van der Waals surface area contributed by atoms with Gasteiger partial charge in [-0.15, -0.1) is 0 Å². The fraction of sp³-hybridized carbons (Fsp3) is 0. The lowest BCUT2D eigenvalue weighted by Gasteiger charge is -2.07. The molecule has 1 amide bonds. The van der Waals surface area contributed by atoms with Crippen molar-refractivity contribution < 1.29 is 9.53 Å². The molecule has 13 heavy (non-hydrogen) atoms. The first kappa shape index (κ1) is 9.95. The number of hydrogen-bond donors (Lipinski definition) is 2. The maximum atomic E-state index is 10.4. The van der Waals surface area contributed by atoms with Crippen LogP contribution >= 0.6 is 23.2 Å². The number of anilines is 1. The molecular weight excluding hydrogens is 215 g/mol. The summed E-state index contributed by atoms with van der Waals surface area (Å²) >= 11 is 11.3. The van der Waals surface area contributed by atoms with Gasteiger partial charge >= 0.3 is 6.09 Å². The average molecular weight is 221 g/mol. The van der Waals surface area contributed by atoms with E-state index in [2.05, 4.69) is 4.74 Å². The molecule has 0 fully saturated rings. The fourth-order valence-corrected chi connectivity index (χ4v) is 1.11. The van der Waals surface area contributed by atoms with Gasteiger partial charge in [0, 0.05) is 0 Å². The van der Waals surface area contributed by atoms with Crippen molar-refractivity contribution in [1.29, 1.82) is 0 Å². The van der Waals surface area contributed by atoms with Gasteiger partial charge in [-0.1, -0.05) is 23.2 Å². The largest absolute Gasteiger partial charge is 0.410 e. The Balaban J connectivity index is 3.17. The molecule has 1 aromatic rings. The lowest BCUT2D eigenvalue weighted by atomic mass is 10.3. The number of benzene rings is 1. The topological polar surface area (TPSA) is 78.3 Å². The second kappa shape index (κ2) is 3.72. The number of nitrogen functional groups attached to an aromatic ring is 1. The number of ether oxygens (including phenoxy) is 1. The molecule has 70 valence electrons. The molecule has 0 radical (unpaired) electrons. The van der Waals surface area contributed by atoms with Gasteiger partial charge in [0.1, 0.15) is 5.02 Å². The predicted octanol–water partition coefficient (Wildman–Crippen LogP) is 2.03. The normalized spacial score (nSPS) is 9.69. The zero-order valence-corrected chi connectivity index (χ0v) is 7.89. The van der Waals surface area contributed by atoms with Crippen molar-refractivity contribution in [2.75, 3.05) is 5.73 Å². The average Bonchev–Trinajstić information content (AvgIpc) is 2.05. The van der Waals surface area contributed by atoms with Gasteiger partial charge in [0.25, 0.3) is 0 Å². The molecule has 0 bridgehead atoms. The van der Waals surface area contributed by atoms with Crippen LogP contribution in [0.25, 0.3) is 0 Å². The van der Waals surface area contributed by atoms with Crippen LogP contribution in [0.1, 0.15) is 0 Å². The number of hydrogen-bond acceptors (Lipinski definition) is 3. The van der Waals surface area contributed by atoms with Crippen LogP contribution in [-0.4, -0.2) is 6.09 Å². The Morgan fingerprint density at radius 1 is 1.38 bits per heavy atom. The molecule has 0 aromatic heterocycles. The molecule has 4 N–H and O–H groups in total. The molecule has 0 unspecified atom stereocenters. The molecule has 0 aliphatic rings. The van der Waals surface area contributed by atoms with Crippen LogP contribution in [0, 0.1) is 0 Å². The van der Waals surface area contributed by atoms with E-state index in [-0.39, 0.29) is 21.5 Å². The number of carbonyl (C=O) groups excluding carboxylic acids is 1. The van der Waals surface area contributed by atoms with E-state index in [9.17, 15) is 4.79 Å². The first-order chi connectivity index (χ1) is 6.02. The molecule has 0 saturated carbocycles. The number of rotatable bonds is 1. The van der Waals surface area contributed by atoms with E-state index in [1.54, 1.807) is 0 Å². The molecule has 6 heteroatoms. The summed E-state index contributed by atoms with van der Waals surface area (Å²) in [4.78, 5) is 10.4. The van der Waals surface area contributed by atoms with E-state index < -0.39 is 6.09 Å². The minimum atomic E-state index is -0.990. The highest BCUT2D eigenvalue weighted by molar-refractivity contribution is 6.43. The summed E-state index contributed by atoms with van der Waals surface area (Å²) in [7, 11) is 0. The van der Waals surface area contributed by atoms with Crippen molar-refractivity contribution in [2.24, 2.45) is 5.73 Å². The first-order valence-electron chi connectivity index (χ1n) is 3.23. The number of primary amides is 1. The number of nitrogens with two attached hydrogens (primary N) is 2. The molecule has 0 saturated heterocycles. The number of carbonyl (C=O) groups is 1. The minimum Gasteiger partial charge on any atom is -0.407 e. The Morgan fingerprint density at radius 2 is 2.00 bits per heavy atom. The maximum absolute atomic E-state index is 10.4. The minimum absolute atomic E-state index is 0.0123. The highest BCUT2D eigenvalue weighted by atomic mass is 35.5. The van der Waals surface area contributed by atoms with Crippen LogP contribution in [0.2, 0.25) is 10.0 Å². The van der Waals surface area contributed by atoms with Gasteiger partial charge in [-0.3, -0.25) is 0 Å². The molecule has 1 aromatic carbocycles. The summed E-state index contributed by atoms with van der Waals surface area (Å²) in [6.45, 7) is 0. The van der Waals surface area contributed by atoms with Crippen molar-refractivity contribution >= 4 is 35.0 Å². The van der Waals surface area contributed by atoms with E-state index in [4.69, 9.17) is 34.7 Å². The Morgan fingerprint density at radius 3 is 2.54 bits per heavy atom. The summed E-state index contributed by atoms with van der Waals surface area (Å²) in [6.07, 6.45) is -0.990. The smallest absolute Gasteiger partial charge is 0.407 e. The van der Waals surface area contributed by atoms with Gasteiger partial charge in [-0.2, -0.15) is 0 Å². The molecule has 0 atom stereocenters. The molecule has 0 heterocycles. The number of amides is 1. The van der Waals surface area contributed by atoms with Gasteiger partial charge in [-0.05, 0) is 12.1 Å². The number of halogens is 2. The fourth-order valence-electron chi connectivity index (χ4n) is 0.751. The van der Waals surface area contributed by atoms with E-state index >= 15 is 0 Å². The zero-order valence-electron chi connectivity index (χ0n) is 6.38. The third-order valence-corrected chi connectivity index (χ3v) is 2.07. The summed E-state index contributed by atoms with van der Waals surface area (Å²) in [5.74, 6) is -0.0123. The van der Waals surface area contributed by atoms with E-state index in [0.29, 0.717) is 0 Å². The first-order valence-corrected chi connectivity index (χ1v) is 3.98. The van der Waals surface area contributed by atoms with Crippen molar-refractivity contribution in [2.45, 2.75) is 0 Å². The lowest BCUT2D eigenvalue weighted by molar-refractivity contribution is 0.211. The third-order valence-electron chi connectivity index (χ3n) is 1.28. The summed E-state index contributed by atoms with van der Waals surface area (Å²) in [6, 6.07) is 2.96. The third kappa shape index (κ3) is 2.17. The molecule has 0 aliphatic heterocycles. The second-order valence-corrected chi connectivity index (χ2v) is 2.99. The standard InChI is InChI=1S/C7H6Cl2N2O2/c8-3-1-2-4(10)6(5(3)9)13-7(11)12/h1-2H,10H2,(H2,11,12). The maximum Gasteiger partial charge on any atom is 0.410 e. The molecule has 0 aliphatic carbocycles. The van der Waals surface area contributed by atoms with Crippen LogP contribution < -0.4 is 16.2 Å². The lowest BCUT2D eigenvalue weighted by Crippen LogP contribution is -2.17. The van der Waals surface area contributed by atoms with E-state index in [0.717, 1.165) is 0 Å². The molecule has 1 rings (SSSR count). The van der Waals surface area contributed by atoms with Gasteiger partial charge < -0.3 is 16.2 Å². The predicted molar refractivity (Wildman–Crippen MR) is 51.1 cm³/mol. The molecular formula is C7H6Cl2N2O2. The van der Waals surface area contributed by atoms with Crippen molar-refractivity contribution in [3.8, 4) is 5.75 Å². The quantitative estimate of drug-likeness (QED) is 0.712. The van der Waals surface area contributed by atoms with Crippen LogP contribution in [0.15, 0.2) is 12.1 Å². The summed E-state index contributed by atoms with van der Waals surface area (Å²) in [5.41, 5.74) is 10.5.